The molecule has 0 radical (unpaired) electrons. The standard InChI is InChI=1S/C17H27IOSi/c1-13-8-9-15(14(2)12-13)16(10-11-18)19-20(6,7)17(3,4)5/h8-12,16H,1-7H3/b11-10+. The van der Waals surface area contributed by atoms with E-state index in [9.17, 15) is 0 Å². The van der Waals surface area contributed by atoms with E-state index in [2.05, 4.69) is 98.7 Å². The second-order valence-electron chi connectivity index (χ2n) is 6.98. The molecule has 0 saturated heterocycles. The predicted molar refractivity (Wildman–Crippen MR) is 100 cm³/mol. The first-order valence-electron chi connectivity index (χ1n) is 7.10. The summed E-state index contributed by atoms with van der Waals surface area (Å²) in [6, 6.07) is 6.61. The van der Waals surface area contributed by atoms with Crippen molar-refractivity contribution in [3.8, 4) is 0 Å². The highest BCUT2D eigenvalue weighted by molar-refractivity contribution is 14.1. The summed E-state index contributed by atoms with van der Waals surface area (Å²) in [5.41, 5.74) is 3.90. The molecule has 0 aliphatic rings. The van der Waals surface area contributed by atoms with Crippen LogP contribution in [0.5, 0.6) is 0 Å². The number of hydrogen-bond acceptors (Lipinski definition) is 1. The molecule has 0 aliphatic carbocycles. The molecular weight excluding hydrogens is 375 g/mol. The van der Waals surface area contributed by atoms with Gasteiger partial charge in [0, 0.05) is 0 Å². The average molecular weight is 402 g/mol. The molecule has 1 aromatic carbocycles. The largest absolute Gasteiger partial charge is 0.406 e. The lowest BCUT2D eigenvalue weighted by Gasteiger charge is -2.39. The lowest BCUT2D eigenvalue weighted by atomic mass is 10.0. The summed E-state index contributed by atoms with van der Waals surface area (Å²) in [4.78, 5) is 0. The molecule has 0 aromatic heterocycles. The summed E-state index contributed by atoms with van der Waals surface area (Å²) in [5.74, 6) is 0. The molecule has 0 bridgehead atoms. The zero-order chi connectivity index (χ0) is 15.6. The normalized spacial score (nSPS) is 14.8. The second-order valence-corrected chi connectivity index (χ2v) is 12.5. The van der Waals surface area contributed by atoms with Crippen LogP contribution >= 0.6 is 22.6 Å². The third-order valence-electron chi connectivity index (χ3n) is 4.21. The molecule has 0 spiro atoms. The van der Waals surface area contributed by atoms with E-state index in [4.69, 9.17) is 4.43 Å². The number of rotatable bonds is 4. The Morgan fingerprint density at radius 1 is 1.20 bits per heavy atom. The highest BCUT2D eigenvalue weighted by Crippen LogP contribution is 2.40. The Labute approximate surface area is 139 Å². The third kappa shape index (κ3) is 4.43. The average Bonchev–Trinajstić information content (AvgIpc) is 2.26. The fraction of sp³-hybridized carbons (Fsp3) is 0.529. The van der Waals surface area contributed by atoms with E-state index in [1.54, 1.807) is 0 Å². The van der Waals surface area contributed by atoms with Crippen molar-refractivity contribution in [2.24, 2.45) is 0 Å². The van der Waals surface area contributed by atoms with Crippen molar-refractivity contribution in [2.45, 2.75) is 58.9 Å². The smallest absolute Gasteiger partial charge is 0.193 e. The maximum Gasteiger partial charge on any atom is 0.193 e. The van der Waals surface area contributed by atoms with Gasteiger partial charge in [0.05, 0.1) is 6.10 Å². The molecule has 1 unspecified atom stereocenters. The summed E-state index contributed by atoms with van der Waals surface area (Å²) < 4.78 is 8.66. The van der Waals surface area contributed by atoms with Crippen LogP contribution in [0.25, 0.3) is 0 Å². The van der Waals surface area contributed by atoms with Crippen molar-refractivity contribution in [3.05, 3.63) is 45.0 Å². The molecule has 20 heavy (non-hydrogen) atoms. The zero-order valence-electron chi connectivity index (χ0n) is 13.8. The van der Waals surface area contributed by atoms with Gasteiger partial charge in [-0.05, 0) is 53.3 Å². The van der Waals surface area contributed by atoms with E-state index in [0.29, 0.717) is 0 Å². The fourth-order valence-corrected chi connectivity index (χ4v) is 3.48. The summed E-state index contributed by atoms with van der Waals surface area (Å²) >= 11 is 2.28. The number of hydrogen-bond donors (Lipinski definition) is 0. The van der Waals surface area contributed by atoms with Crippen molar-refractivity contribution >= 4 is 30.9 Å². The lowest BCUT2D eigenvalue weighted by Crippen LogP contribution is -2.41. The summed E-state index contributed by atoms with van der Waals surface area (Å²) in [6.45, 7) is 15.8. The Balaban J connectivity index is 3.13. The van der Waals surface area contributed by atoms with Crippen LogP contribution < -0.4 is 0 Å². The second kappa shape index (κ2) is 6.75. The van der Waals surface area contributed by atoms with Crippen LogP contribution in [-0.4, -0.2) is 8.32 Å². The van der Waals surface area contributed by atoms with Gasteiger partial charge in [0.1, 0.15) is 0 Å². The van der Waals surface area contributed by atoms with Crippen molar-refractivity contribution in [2.75, 3.05) is 0 Å². The van der Waals surface area contributed by atoms with Crippen molar-refractivity contribution in [3.63, 3.8) is 0 Å². The Morgan fingerprint density at radius 3 is 2.25 bits per heavy atom. The van der Waals surface area contributed by atoms with Crippen molar-refractivity contribution < 1.29 is 4.43 Å². The van der Waals surface area contributed by atoms with Gasteiger partial charge < -0.3 is 4.43 Å². The molecule has 1 nitrogen and oxygen atoms in total. The minimum Gasteiger partial charge on any atom is -0.406 e. The predicted octanol–water partition coefficient (Wildman–Crippen LogP) is 6.32. The molecule has 1 rings (SSSR count). The number of benzene rings is 1. The summed E-state index contributed by atoms with van der Waals surface area (Å²) in [7, 11) is -1.78. The van der Waals surface area contributed by atoms with Crippen LogP contribution in [0.1, 0.15) is 43.6 Å². The molecule has 0 heterocycles. The highest BCUT2D eigenvalue weighted by atomic mass is 127. The van der Waals surface area contributed by atoms with E-state index in [0.717, 1.165) is 0 Å². The fourth-order valence-electron chi connectivity index (χ4n) is 1.91. The zero-order valence-corrected chi connectivity index (χ0v) is 16.9. The third-order valence-corrected chi connectivity index (χ3v) is 9.08. The van der Waals surface area contributed by atoms with Gasteiger partial charge >= 0.3 is 0 Å². The van der Waals surface area contributed by atoms with E-state index < -0.39 is 8.32 Å². The van der Waals surface area contributed by atoms with Crippen LogP contribution in [0.3, 0.4) is 0 Å². The Bertz CT molecular complexity index is 486. The molecule has 0 saturated carbocycles. The molecule has 3 heteroatoms. The first-order chi connectivity index (χ1) is 9.08. The van der Waals surface area contributed by atoms with Crippen LogP contribution in [-0.2, 0) is 4.43 Å². The quantitative estimate of drug-likeness (QED) is 0.423. The van der Waals surface area contributed by atoms with Gasteiger partial charge in [0.2, 0.25) is 0 Å². The van der Waals surface area contributed by atoms with Gasteiger partial charge in [0.25, 0.3) is 0 Å². The molecule has 0 N–H and O–H groups in total. The van der Waals surface area contributed by atoms with Crippen molar-refractivity contribution in [1.82, 2.24) is 0 Å². The van der Waals surface area contributed by atoms with Gasteiger partial charge in [-0.3, -0.25) is 0 Å². The Kier molecular flexibility index (Phi) is 6.05. The molecule has 1 atom stereocenters. The van der Waals surface area contributed by atoms with Gasteiger partial charge in [-0.25, -0.2) is 0 Å². The SMILES string of the molecule is Cc1ccc(C(/C=C/I)O[Si](C)(C)C(C)(C)C)c(C)c1. The van der Waals surface area contributed by atoms with E-state index >= 15 is 0 Å². The summed E-state index contributed by atoms with van der Waals surface area (Å²) in [6.07, 6.45) is 2.23. The van der Waals surface area contributed by atoms with Gasteiger partial charge in [0.15, 0.2) is 8.32 Å². The van der Waals surface area contributed by atoms with Gasteiger partial charge in [-0.2, -0.15) is 0 Å². The monoisotopic (exact) mass is 402 g/mol. The minimum absolute atomic E-state index is 0.0633. The Hall–Kier alpha value is -0.133. The first kappa shape index (κ1) is 17.9. The number of halogens is 1. The van der Waals surface area contributed by atoms with Gasteiger partial charge in [-0.1, -0.05) is 67.1 Å². The molecular formula is C17H27IOSi. The van der Waals surface area contributed by atoms with E-state index in [-0.39, 0.29) is 11.1 Å². The van der Waals surface area contributed by atoms with Gasteiger partial charge in [-0.15, -0.1) is 0 Å². The van der Waals surface area contributed by atoms with E-state index in [1.165, 1.54) is 16.7 Å². The number of aryl methyl sites for hydroxylation is 2. The highest BCUT2D eigenvalue weighted by Gasteiger charge is 2.39. The maximum atomic E-state index is 6.60. The molecule has 0 fully saturated rings. The molecule has 1 aromatic rings. The van der Waals surface area contributed by atoms with Crippen molar-refractivity contribution in [1.29, 1.82) is 0 Å². The molecule has 112 valence electrons. The van der Waals surface area contributed by atoms with Crippen LogP contribution in [0.15, 0.2) is 28.4 Å². The van der Waals surface area contributed by atoms with Crippen LogP contribution in [0.4, 0.5) is 0 Å². The molecule has 0 aliphatic heterocycles. The maximum absolute atomic E-state index is 6.60. The lowest BCUT2D eigenvalue weighted by molar-refractivity contribution is 0.229. The Morgan fingerprint density at radius 2 is 1.80 bits per heavy atom. The van der Waals surface area contributed by atoms with E-state index in [1.807, 2.05) is 0 Å². The first-order valence-corrected chi connectivity index (χ1v) is 11.3. The summed E-state index contributed by atoms with van der Waals surface area (Å²) in [5, 5.41) is 0.225. The topological polar surface area (TPSA) is 9.23 Å². The molecule has 0 amide bonds. The van der Waals surface area contributed by atoms with Crippen LogP contribution in [0.2, 0.25) is 18.1 Å². The minimum atomic E-state index is -1.78. The van der Waals surface area contributed by atoms with Crippen LogP contribution in [0, 0.1) is 13.8 Å².